The Morgan fingerprint density at radius 1 is 1.29 bits per heavy atom. The van der Waals surface area contributed by atoms with Crippen molar-refractivity contribution in [3.05, 3.63) is 28.2 Å². The maximum Gasteiger partial charge on any atom is 0.0992 e. The molecule has 1 rings (SSSR count). The fourth-order valence-electron chi connectivity index (χ4n) is 1.91. The highest BCUT2D eigenvalue weighted by molar-refractivity contribution is 9.10. The van der Waals surface area contributed by atoms with Crippen molar-refractivity contribution in [3.63, 3.8) is 0 Å². The lowest BCUT2D eigenvalue weighted by atomic mass is 10.1. The summed E-state index contributed by atoms with van der Waals surface area (Å²) in [4.78, 5) is 0. The van der Waals surface area contributed by atoms with Crippen LogP contribution in [0.15, 0.2) is 22.7 Å². The Bertz CT molecular complexity index is 390. The van der Waals surface area contributed by atoms with Crippen molar-refractivity contribution in [1.29, 1.82) is 5.26 Å². The van der Waals surface area contributed by atoms with Crippen LogP contribution in [0.25, 0.3) is 0 Å². The highest BCUT2D eigenvalue weighted by Crippen LogP contribution is 2.25. The van der Waals surface area contributed by atoms with Crippen LogP contribution in [0.1, 0.15) is 45.1 Å². The van der Waals surface area contributed by atoms with E-state index in [1.165, 1.54) is 25.7 Å². The Labute approximate surface area is 112 Å². The number of halogens is 1. The molecule has 0 radical (unpaired) electrons. The van der Waals surface area contributed by atoms with E-state index in [1.54, 1.807) is 0 Å². The van der Waals surface area contributed by atoms with E-state index >= 15 is 0 Å². The Kier molecular flexibility index (Phi) is 6.07. The first-order valence-electron chi connectivity index (χ1n) is 6.17. The lowest BCUT2D eigenvalue weighted by Crippen LogP contribution is -2.19. The average Bonchev–Trinajstić information content (AvgIpc) is 2.32. The van der Waals surface area contributed by atoms with Crippen LogP contribution in [0.5, 0.6) is 0 Å². The third-order valence-corrected chi connectivity index (χ3v) is 3.39. The summed E-state index contributed by atoms with van der Waals surface area (Å²) >= 11 is 3.51. The maximum atomic E-state index is 8.81. The van der Waals surface area contributed by atoms with Crippen LogP contribution in [0.2, 0.25) is 0 Å². The van der Waals surface area contributed by atoms with Crippen LogP contribution < -0.4 is 5.32 Å². The van der Waals surface area contributed by atoms with Crippen molar-refractivity contribution in [2.24, 2.45) is 0 Å². The molecule has 0 unspecified atom stereocenters. The molecule has 17 heavy (non-hydrogen) atoms. The van der Waals surface area contributed by atoms with Crippen LogP contribution >= 0.6 is 15.9 Å². The summed E-state index contributed by atoms with van der Waals surface area (Å²) in [7, 11) is 0. The maximum absolute atomic E-state index is 8.81. The number of nitrogens with one attached hydrogen (secondary N) is 1. The molecule has 3 heteroatoms. The molecule has 0 fully saturated rings. The first-order chi connectivity index (χ1) is 8.21. The van der Waals surface area contributed by atoms with Gasteiger partial charge in [0.25, 0.3) is 0 Å². The number of hydrogen-bond acceptors (Lipinski definition) is 2. The van der Waals surface area contributed by atoms with Crippen molar-refractivity contribution in [1.82, 2.24) is 0 Å². The summed E-state index contributed by atoms with van der Waals surface area (Å²) in [5, 5.41) is 12.4. The second-order valence-corrected chi connectivity index (χ2v) is 5.08. The lowest BCUT2D eigenvalue weighted by molar-refractivity contribution is 0.586. The van der Waals surface area contributed by atoms with E-state index in [0.717, 1.165) is 10.2 Å². The van der Waals surface area contributed by atoms with Gasteiger partial charge in [0, 0.05) is 16.2 Å². The fourth-order valence-corrected chi connectivity index (χ4v) is 2.40. The molecule has 1 aromatic carbocycles. The number of nitriles is 1. The summed E-state index contributed by atoms with van der Waals surface area (Å²) < 4.78 is 0.966. The van der Waals surface area contributed by atoms with E-state index in [2.05, 4.69) is 41.2 Å². The van der Waals surface area contributed by atoms with E-state index in [-0.39, 0.29) is 0 Å². The number of nitrogens with zero attached hydrogens (tertiary/aromatic N) is 1. The quantitative estimate of drug-likeness (QED) is 0.825. The molecule has 0 aliphatic rings. The minimum atomic E-state index is 0.522. The Morgan fingerprint density at radius 2 is 1.94 bits per heavy atom. The van der Waals surface area contributed by atoms with E-state index in [0.29, 0.717) is 11.6 Å². The highest BCUT2D eigenvalue weighted by atomic mass is 79.9. The van der Waals surface area contributed by atoms with Crippen molar-refractivity contribution in [2.75, 3.05) is 5.32 Å². The Balaban J connectivity index is 2.75. The molecule has 0 saturated heterocycles. The predicted molar refractivity (Wildman–Crippen MR) is 76.1 cm³/mol. The summed E-state index contributed by atoms with van der Waals surface area (Å²) in [5.41, 5.74) is 1.76. The summed E-state index contributed by atoms with van der Waals surface area (Å²) in [5.74, 6) is 0. The number of benzene rings is 1. The summed E-state index contributed by atoms with van der Waals surface area (Å²) in [6.07, 6.45) is 4.73. The van der Waals surface area contributed by atoms with Gasteiger partial charge in [-0.1, -0.05) is 26.7 Å². The van der Waals surface area contributed by atoms with Crippen molar-refractivity contribution in [3.8, 4) is 6.07 Å². The van der Waals surface area contributed by atoms with Gasteiger partial charge in [0.15, 0.2) is 0 Å². The molecule has 1 aromatic rings. The molecule has 0 saturated carbocycles. The lowest BCUT2D eigenvalue weighted by Gasteiger charge is -2.19. The van der Waals surface area contributed by atoms with Crippen molar-refractivity contribution >= 4 is 21.6 Å². The van der Waals surface area contributed by atoms with Crippen LogP contribution in [-0.2, 0) is 0 Å². The minimum Gasteiger partial charge on any atom is -0.381 e. The standard InChI is InChI=1S/C14H19BrN2/c1-3-5-12(6-4-2)17-14-8-7-11(10-16)9-13(14)15/h7-9,12,17H,3-6H2,1-2H3. The second-order valence-electron chi connectivity index (χ2n) is 4.23. The number of hydrogen-bond donors (Lipinski definition) is 1. The van der Waals surface area contributed by atoms with Gasteiger partial charge < -0.3 is 5.32 Å². The third-order valence-electron chi connectivity index (χ3n) is 2.73. The molecule has 1 N–H and O–H groups in total. The van der Waals surface area contributed by atoms with E-state index < -0.39 is 0 Å². The van der Waals surface area contributed by atoms with Gasteiger partial charge in [-0.25, -0.2) is 0 Å². The van der Waals surface area contributed by atoms with E-state index in [9.17, 15) is 0 Å². The van der Waals surface area contributed by atoms with Gasteiger partial charge in [-0.2, -0.15) is 5.26 Å². The molecule has 2 nitrogen and oxygen atoms in total. The average molecular weight is 295 g/mol. The topological polar surface area (TPSA) is 35.8 Å². The van der Waals surface area contributed by atoms with Gasteiger partial charge in [0.05, 0.1) is 11.6 Å². The van der Waals surface area contributed by atoms with E-state index in [1.807, 2.05) is 18.2 Å². The first kappa shape index (κ1) is 14.1. The van der Waals surface area contributed by atoms with Gasteiger partial charge in [-0.15, -0.1) is 0 Å². The summed E-state index contributed by atoms with van der Waals surface area (Å²) in [6, 6.07) is 8.34. The second kappa shape index (κ2) is 7.34. The SMILES string of the molecule is CCCC(CCC)Nc1ccc(C#N)cc1Br. The third kappa shape index (κ3) is 4.40. The highest BCUT2D eigenvalue weighted by Gasteiger charge is 2.08. The summed E-state index contributed by atoms with van der Waals surface area (Å²) in [6.45, 7) is 4.41. The normalized spacial score (nSPS) is 10.3. The van der Waals surface area contributed by atoms with Crippen LogP contribution in [0.3, 0.4) is 0 Å². The predicted octanol–water partition coefficient (Wildman–Crippen LogP) is 4.70. The van der Waals surface area contributed by atoms with Crippen LogP contribution in [0.4, 0.5) is 5.69 Å². The molecule has 92 valence electrons. The van der Waals surface area contributed by atoms with Gasteiger partial charge in [0.2, 0.25) is 0 Å². The zero-order valence-electron chi connectivity index (χ0n) is 10.5. The van der Waals surface area contributed by atoms with Gasteiger partial charge in [0.1, 0.15) is 0 Å². The molecule has 0 amide bonds. The molecule has 0 aliphatic heterocycles. The van der Waals surface area contributed by atoms with Crippen molar-refractivity contribution in [2.45, 2.75) is 45.6 Å². The van der Waals surface area contributed by atoms with Crippen molar-refractivity contribution < 1.29 is 0 Å². The van der Waals surface area contributed by atoms with E-state index in [4.69, 9.17) is 5.26 Å². The zero-order chi connectivity index (χ0) is 12.7. The van der Waals surface area contributed by atoms with Gasteiger partial charge >= 0.3 is 0 Å². The minimum absolute atomic E-state index is 0.522. The molecule has 0 spiro atoms. The molecule has 0 aliphatic carbocycles. The Hall–Kier alpha value is -1.01. The van der Waals surface area contributed by atoms with Crippen LogP contribution in [0, 0.1) is 11.3 Å². The molecular weight excluding hydrogens is 276 g/mol. The smallest absolute Gasteiger partial charge is 0.0992 e. The molecule has 0 aromatic heterocycles. The Morgan fingerprint density at radius 3 is 2.41 bits per heavy atom. The number of anilines is 1. The molecule has 0 bridgehead atoms. The molecular formula is C14H19BrN2. The largest absolute Gasteiger partial charge is 0.381 e. The monoisotopic (exact) mass is 294 g/mol. The molecule has 0 atom stereocenters. The van der Waals surface area contributed by atoms with Gasteiger partial charge in [-0.05, 0) is 47.0 Å². The van der Waals surface area contributed by atoms with Crippen LogP contribution in [-0.4, -0.2) is 6.04 Å². The fraction of sp³-hybridized carbons (Fsp3) is 0.500. The number of rotatable bonds is 6. The molecule has 0 heterocycles. The zero-order valence-corrected chi connectivity index (χ0v) is 12.0. The van der Waals surface area contributed by atoms with Gasteiger partial charge in [-0.3, -0.25) is 0 Å². The first-order valence-corrected chi connectivity index (χ1v) is 6.96.